The number of anilines is 1. The van der Waals surface area contributed by atoms with Crippen molar-refractivity contribution in [3.05, 3.63) is 59.6 Å². The summed E-state index contributed by atoms with van der Waals surface area (Å²) in [6.07, 6.45) is 0.347. The topological polar surface area (TPSA) is 65.5 Å². The van der Waals surface area contributed by atoms with Crippen molar-refractivity contribution in [3.63, 3.8) is 0 Å². The monoisotopic (exact) mass is 454 g/mol. The van der Waals surface area contributed by atoms with Gasteiger partial charge in [-0.15, -0.1) is 23.1 Å². The van der Waals surface area contributed by atoms with Crippen LogP contribution in [-0.4, -0.2) is 60.2 Å². The largest absolute Gasteiger partial charge is 0.368 e. The highest BCUT2D eigenvalue weighted by Gasteiger charge is 2.21. The molecule has 0 spiro atoms. The molecule has 1 aromatic heterocycles. The minimum absolute atomic E-state index is 0.0344. The first-order valence-electron chi connectivity index (χ1n) is 10.5. The van der Waals surface area contributed by atoms with Crippen LogP contribution >= 0.6 is 23.1 Å². The predicted molar refractivity (Wildman–Crippen MR) is 129 cm³/mol. The number of rotatable bonds is 8. The number of hydrogen-bond donors (Lipinski definition) is 1. The molecule has 3 aromatic rings. The highest BCUT2D eigenvalue weighted by atomic mass is 32.2. The number of carbonyl (C=O) groups is 2. The maximum absolute atomic E-state index is 12.5. The lowest BCUT2D eigenvalue weighted by molar-refractivity contribution is -0.131. The highest BCUT2D eigenvalue weighted by Crippen LogP contribution is 2.24. The number of carbonyl (C=O) groups excluding carboxylic acids is 2. The number of thiazole rings is 1. The van der Waals surface area contributed by atoms with E-state index in [2.05, 4.69) is 33.4 Å². The lowest BCUT2D eigenvalue weighted by Gasteiger charge is -2.36. The van der Waals surface area contributed by atoms with Gasteiger partial charge in [0.25, 0.3) is 0 Å². The number of nitrogens with one attached hydrogen (secondary N) is 1. The molecule has 31 heavy (non-hydrogen) atoms. The zero-order valence-electron chi connectivity index (χ0n) is 17.3. The lowest BCUT2D eigenvalue weighted by Crippen LogP contribution is -2.49. The van der Waals surface area contributed by atoms with Crippen LogP contribution < -0.4 is 10.2 Å². The van der Waals surface area contributed by atoms with Crippen LogP contribution in [0.25, 0.3) is 10.2 Å². The van der Waals surface area contributed by atoms with E-state index in [1.54, 1.807) is 23.1 Å². The molecule has 1 saturated heterocycles. The van der Waals surface area contributed by atoms with Gasteiger partial charge in [-0.3, -0.25) is 9.59 Å². The van der Waals surface area contributed by atoms with Crippen molar-refractivity contribution in [2.75, 3.05) is 43.4 Å². The maximum Gasteiger partial charge on any atom is 0.230 e. The smallest absolute Gasteiger partial charge is 0.230 e. The van der Waals surface area contributed by atoms with Crippen molar-refractivity contribution in [3.8, 4) is 0 Å². The Balaban J connectivity index is 1.11. The van der Waals surface area contributed by atoms with E-state index in [-0.39, 0.29) is 11.8 Å². The van der Waals surface area contributed by atoms with Gasteiger partial charge in [0, 0.05) is 50.6 Å². The van der Waals surface area contributed by atoms with E-state index in [1.165, 1.54) is 10.4 Å². The van der Waals surface area contributed by atoms with Crippen molar-refractivity contribution < 1.29 is 9.59 Å². The summed E-state index contributed by atoms with van der Waals surface area (Å²) < 4.78 is 1.17. The molecule has 1 fully saturated rings. The van der Waals surface area contributed by atoms with E-state index >= 15 is 0 Å². The molecule has 2 heterocycles. The summed E-state index contributed by atoms with van der Waals surface area (Å²) in [7, 11) is 0. The standard InChI is InChI=1S/C23H26N4O2S2/c28-21(16-30-17-22-25-19-8-4-5-9-20(19)31-22)24-11-10-23(29)27-14-12-26(13-15-27)18-6-2-1-3-7-18/h1-9H,10-17H2,(H,24,28). The van der Waals surface area contributed by atoms with Crippen LogP contribution in [-0.2, 0) is 15.3 Å². The number of piperazine rings is 1. The van der Waals surface area contributed by atoms with Crippen LogP contribution in [0.5, 0.6) is 0 Å². The Morgan fingerprint density at radius 2 is 1.74 bits per heavy atom. The molecule has 162 valence electrons. The van der Waals surface area contributed by atoms with Gasteiger partial charge in [0.15, 0.2) is 0 Å². The second kappa shape index (κ2) is 10.6. The van der Waals surface area contributed by atoms with E-state index in [9.17, 15) is 9.59 Å². The van der Waals surface area contributed by atoms with Gasteiger partial charge < -0.3 is 15.1 Å². The highest BCUT2D eigenvalue weighted by molar-refractivity contribution is 7.99. The van der Waals surface area contributed by atoms with Gasteiger partial charge in [-0.2, -0.15) is 0 Å². The Kier molecular flexibility index (Phi) is 7.43. The zero-order chi connectivity index (χ0) is 21.5. The molecular formula is C23H26N4O2S2. The van der Waals surface area contributed by atoms with Crippen LogP contribution in [0.4, 0.5) is 5.69 Å². The normalized spacial score (nSPS) is 14.1. The van der Waals surface area contributed by atoms with E-state index in [0.717, 1.165) is 42.5 Å². The molecule has 0 radical (unpaired) electrons. The molecular weight excluding hydrogens is 428 g/mol. The van der Waals surface area contributed by atoms with E-state index in [4.69, 9.17) is 0 Å². The molecule has 1 N–H and O–H groups in total. The molecule has 8 heteroatoms. The molecule has 0 aliphatic carbocycles. The van der Waals surface area contributed by atoms with Crippen molar-refractivity contribution in [1.82, 2.24) is 15.2 Å². The number of para-hydroxylation sites is 2. The van der Waals surface area contributed by atoms with Crippen molar-refractivity contribution in [2.24, 2.45) is 0 Å². The van der Waals surface area contributed by atoms with Gasteiger partial charge in [-0.25, -0.2) is 4.98 Å². The molecule has 2 aromatic carbocycles. The molecule has 0 atom stereocenters. The number of benzene rings is 2. The number of fused-ring (bicyclic) bond motifs is 1. The Bertz CT molecular complexity index is 984. The summed E-state index contributed by atoms with van der Waals surface area (Å²) in [6, 6.07) is 18.3. The van der Waals surface area contributed by atoms with Crippen molar-refractivity contribution >= 4 is 50.8 Å². The Morgan fingerprint density at radius 1 is 1.00 bits per heavy atom. The second-order valence-corrected chi connectivity index (χ2v) is 9.47. The molecule has 0 unspecified atom stereocenters. The molecule has 6 nitrogen and oxygen atoms in total. The average Bonchev–Trinajstić information content (AvgIpc) is 3.22. The van der Waals surface area contributed by atoms with Gasteiger partial charge >= 0.3 is 0 Å². The fourth-order valence-electron chi connectivity index (χ4n) is 3.58. The number of amides is 2. The van der Waals surface area contributed by atoms with E-state index in [1.807, 2.05) is 41.3 Å². The van der Waals surface area contributed by atoms with Gasteiger partial charge in [0.05, 0.1) is 16.0 Å². The van der Waals surface area contributed by atoms with Gasteiger partial charge in [0.2, 0.25) is 11.8 Å². The quantitative estimate of drug-likeness (QED) is 0.565. The molecule has 0 saturated carbocycles. The number of hydrogen-bond acceptors (Lipinski definition) is 6. The lowest BCUT2D eigenvalue weighted by atomic mass is 10.2. The van der Waals surface area contributed by atoms with E-state index in [0.29, 0.717) is 18.7 Å². The third-order valence-corrected chi connectivity index (χ3v) is 7.37. The van der Waals surface area contributed by atoms with Crippen LogP contribution in [0.2, 0.25) is 0 Å². The van der Waals surface area contributed by atoms with Crippen LogP contribution in [0.1, 0.15) is 11.4 Å². The predicted octanol–water partition coefficient (Wildman–Crippen LogP) is 3.38. The zero-order valence-corrected chi connectivity index (χ0v) is 19.0. The van der Waals surface area contributed by atoms with Crippen molar-refractivity contribution in [1.29, 1.82) is 0 Å². The number of aromatic nitrogens is 1. The summed E-state index contributed by atoms with van der Waals surface area (Å²) in [5, 5.41) is 3.90. The molecule has 2 amide bonds. The second-order valence-electron chi connectivity index (χ2n) is 7.37. The molecule has 1 aliphatic heterocycles. The summed E-state index contributed by atoms with van der Waals surface area (Å²) in [5.74, 6) is 1.17. The fourth-order valence-corrected chi connectivity index (χ4v) is 5.46. The van der Waals surface area contributed by atoms with Gasteiger partial charge in [-0.05, 0) is 24.3 Å². The van der Waals surface area contributed by atoms with Crippen LogP contribution in [0, 0.1) is 0 Å². The molecule has 0 bridgehead atoms. The summed E-state index contributed by atoms with van der Waals surface area (Å²) in [4.78, 5) is 33.3. The summed E-state index contributed by atoms with van der Waals surface area (Å²) >= 11 is 3.22. The summed E-state index contributed by atoms with van der Waals surface area (Å²) in [5.41, 5.74) is 2.21. The fraction of sp³-hybridized carbons (Fsp3) is 0.348. The number of nitrogens with zero attached hydrogens (tertiary/aromatic N) is 3. The Morgan fingerprint density at radius 3 is 2.52 bits per heavy atom. The minimum atomic E-state index is -0.0344. The summed E-state index contributed by atoms with van der Waals surface area (Å²) in [6.45, 7) is 3.51. The average molecular weight is 455 g/mol. The number of thioether (sulfide) groups is 1. The molecule has 4 rings (SSSR count). The maximum atomic E-state index is 12.5. The third-order valence-electron chi connectivity index (χ3n) is 5.21. The third kappa shape index (κ3) is 5.98. The minimum Gasteiger partial charge on any atom is -0.368 e. The van der Waals surface area contributed by atoms with Crippen LogP contribution in [0.15, 0.2) is 54.6 Å². The SMILES string of the molecule is O=C(CSCc1nc2ccccc2s1)NCCC(=O)N1CCN(c2ccccc2)CC1. The van der Waals surface area contributed by atoms with Gasteiger partial charge in [-0.1, -0.05) is 30.3 Å². The first-order chi connectivity index (χ1) is 15.2. The van der Waals surface area contributed by atoms with Crippen molar-refractivity contribution in [2.45, 2.75) is 12.2 Å². The van der Waals surface area contributed by atoms with Gasteiger partial charge in [0.1, 0.15) is 5.01 Å². The first kappa shape index (κ1) is 21.6. The molecule has 1 aliphatic rings. The first-order valence-corrected chi connectivity index (χ1v) is 12.4. The Labute approximate surface area is 190 Å². The van der Waals surface area contributed by atoms with Crippen LogP contribution in [0.3, 0.4) is 0 Å². The Hall–Kier alpha value is -2.58. The van der Waals surface area contributed by atoms with E-state index < -0.39 is 0 Å².